The van der Waals surface area contributed by atoms with E-state index in [-0.39, 0.29) is 33.3 Å². The predicted molar refractivity (Wildman–Crippen MR) is 133 cm³/mol. The molecule has 0 amide bonds. The molecule has 0 saturated carbocycles. The van der Waals surface area contributed by atoms with Crippen molar-refractivity contribution in [2.24, 2.45) is 0 Å². The number of aromatic nitrogens is 1. The van der Waals surface area contributed by atoms with Crippen molar-refractivity contribution in [3.63, 3.8) is 0 Å². The number of anilines is 1. The molecular weight excluding hydrogens is 476 g/mol. The maximum absolute atomic E-state index is 12.4. The van der Waals surface area contributed by atoms with Crippen LogP contribution in [0.25, 0.3) is 11.5 Å². The normalized spacial score (nSPS) is 12.2. The maximum atomic E-state index is 12.4. The van der Waals surface area contributed by atoms with Gasteiger partial charge in [-0.25, -0.2) is 0 Å². The van der Waals surface area contributed by atoms with Crippen LogP contribution in [0.4, 0.5) is 20.2 Å². The zero-order valence-electron chi connectivity index (χ0n) is 19.2. The zero-order chi connectivity index (χ0) is 25.8. The van der Waals surface area contributed by atoms with Crippen LogP contribution in [0.5, 0.6) is 5.75 Å². The molecule has 0 aliphatic heterocycles. The van der Waals surface area contributed by atoms with Crippen LogP contribution in [0.3, 0.4) is 0 Å². The van der Waals surface area contributed by atoms with Gasteiger partial charge >= 0.3 is 6.61 Å². The molecule has 0 aliphatic rings. The fourth-order valence-electron chi connectivity index (χ4n) is 3.21. The third-order valence-electron chi connectivity index (χ3n) is 5.08. The molecule has 35 heavy (non-hydrogen) atoms. The first-order chi connectivity index (χ1) is 16.5. The molecule has 0 aliphatic carbocycles. The minimum atomic E-state index is -2.93. The first-order valence-electron chi connectivity index (χ1n) is 10.5. The van der Waals surface area contributed by atoms with E-state index in [4.69, 9.17) is 12.2 Å². The summed E-state index contributed by atoms with van der Waals surface area (Å²) >= 11 is 5.58. The molecule has 0 fully saturated rings. The molecule has 0 radical (unpaired) electrons. The second-order valence-corrected chi connectivity index (χ2v) is 9.01. The highest BCUT2D eigenvalue weighted by Crippen LogP contribution is 2.24. The van der Waals surface area contributed by atoms with E-state index in [0.717, 1.165) is 5.56 Å². The molecule has 0 atom stereocenters. The molecule has 0 unspecified atom stereocenters. The molecule has 0 bridgehead atoms. The summed E-state index contributed by atoms with van der Waals surface area (Å²) in [4.78, 5) is 10.6. The Morgan fingerprint density at radius 1 is 1.06 bits per heavy atom. The van der Waals surface area contributed by atoms with E-state index in [1.807, 2.05) is 12.1 Å². The monoisotopic (exact) mass is 500 g/mol. The van der Waals surface area contributed by atoms with Gasteiger partial charge in [0.15, 0.2) is 23.1 Å². The Balaban J connectivity index is 2.01. The molecule has 182 valence electrons. The van der Waals surface area contributed by atoms with Crippen molar-refractivity contribution in [1.29, 1.82) is 0 Å². The van der Waals surface area contributed by atoms with E-state index in [2.05, 4.69) is 30.8 Å². The number of thiocarbonyl (C=S) groups is 1. The van der Waals surface area contributed by atoms with Crippen molar-refractivity contribution in [3.8, 4) is 5.75 Å². The van der Waals surface area contributed by atoms with Gasteiger partial charge in [-0.3, -0.25) is 10.1 Å². The third kappa shape index (κ3) is 6.57. The van der Waals surface area contributed by atoms with Gasteiger partial charge in [-0.2, -0.15) is 13.3 Å². The van der Waals surface area contributed by atoms with Gasteiger partial charge in [0.05, 0.1) is 4.92 Å². The number of pyridine rings is 1. The summed E-state index contributed by atoms with van der Waals surface area (Å²) < 4.78 is 30.8. The third-order valence-corrected chi connectivity index (χ3v) is 5.38. The quantitative estimate of drug-likeness (QED) is 0.102. The lowest BCUT2D eigenvalue weighted by molar-refractivity contribution is -0.575. The highest BCUT2D eigenvalue weighted by Gasteiger charge is 2.25. The predicted octanol–water partition coefficient (Wildman–Crippen LogP) is 6.10. The number of hydrogen-bond donors (Lipinski definition) is 2. The van der Waals surface area contributed by atoms with Gasteiger partial charge in [0.2, 0.25) is 0 Å². The Hall–Kier alpha value is -3.92. The van der Waals surface area contributed by atoms with Gasteiger partial charge < -0.3 is 15.2 Å². The first-order valence-corrected chi connectivity index (χ1v) is 10.9. The van der Waals surface area contributed by atoms with Crippen LogP contribution in [-0.4, -0.2) is 21.6 Å². The van der Waals surface area contributed by atoms with Crippen LogP contribution in [0, 0.1) is 10.1 Å². The van der Waals surface area contributed by atoms with Crippen LogP contribution in [-0.2, 0) is 5.41 Å². The number of benzene rings is 2. The number of non-ortho nitro benzene ring substituents is 1. The summed E-state index contributed by atoms with van der Waals surface area (Å²) in [6.45, 7) is 3.29. The van der Waals surface area contributed by atoms with Crippen LogP contribution in [0.2, 0.25) is 0 Å². The number of nitro benzene ring substituents is 1. The standard InChI is InChI=1S/C25H23F2N3O4S/c1-25(2,3)17-12-14-29(15-13-17)21(22(31)16-4-8-19(9-5-16)30(32)33)23(35)28-18-6-10-20(11-7-18)34-24(26)27/h4-15,24H,1-3H3,(H-,28,31,35)/p+1. The minimum Gasteiger partial charge on any atom is -0.502 e. The largest absolute Gasteiger partial charge is 0.502 e. The topological polar surface area (TPSA) is 88.5 Å². The van der Waals surface area contributed by atoms with E-state index in [0.29, 0.717) is 11.3 Å². The summed E-state index contributed by atoms with van der Waals surface area (Å²) in [5.74, 6) is -0.211. The molecule has 1 aromatic heterocycles. The van der Waals surface area contributed by atoms with Crippen LogP contribution in [0.1, 0.15) is 31.9 Å². The molecular formula is C25H24F2N3O4S+. The second kappa shape index (κ2) is 10.6. The summed E-state index contributed by atoms with van der Waals surface area (Å²) in [5, 5.41) is 25.1. The van der Waals surface area contributed by atoms with E-state index in [1.54, 1.807) is 17.0 Å². The van der Waals surface area contributed by atoms with E-state index < -0.39 is 11.5 Å². The van der Waals surface area contributed by atoms with Crippen molar-refractivity contribution in [2.75, 3.05) is 5.32 Å². The first kappa shape index (κ1) is 25.7. The minimum absolute atomic E-state index is 0.00638. The lowest BCUT2D eigenvalue weighted by Gasteiger charge is -2.18. The number of ether oxygens (including phenoxy) is 1. The fraction of sp³-hybridized carbons (Fsp3) is 0.200. The average Bonchev–Trinajstić information content (AvgIpc) is 2.80. The summed E-state index contributed by atoms with van der Waals surface area (Å²) in [5.41, 5.74) is 1.89. The van der Waals surface area contributed by atoms with E-state index >= 15 is 0 Å². The van der Waals surface area contributed by atoms with Gasteiger partial charge in [-0.15, -0.1) is 0 Å². The molecule has 3 aromatic rings. The molecule has 2 N–H and O–H groups in total. The number of halogens is 2. The lowest BCUT2D eigenvalue weighted by Crippen LogP contribution is -2.39. The Morgan fingerprint density at radius 2 is 1.63 bits per heavy atom. The molecule has 0 saturated heterocycles. The Kier molecular flexibility index (Phi) is 7.75. The average molecular weight is 501 g/mol. The number of nitro groups is 1. The Bertz CT molecular complexity index is 1240. The molecule has 0 spiro atoms. The molecule has 10 heteroatoms. The van der Waals surface area contributed by atoms with E-state index in [9.17, 15) is 24.0 Å². The maximum Gasteiger partial charge on any atom is 0.387 e. The van der Waals surface area contributed by atoms with Gasteiger partial charge in [-0.05, 0) is 47.4 Å². The zero-order valence-corrected chi connectivity index (χ0v) is 20.1. The number of nitrogens with one attached hydrogen (secondary N) is 1. The van der Waals surface area contributed by atoms with Crippen LogP contribution < -0.4 is 14.6 Å². The second-order valence-electron chi connectivity index (χ2n) is 8.60. The summed E-state index contributed by atoms with van der Waals surface area (Å²) in [7, 11) is 0. The fourth-order valence-corrected chi connectivity index (χ4v) is 3.53. The lowest BCUT2D eigenvalue weighted by atomic mass is 9.88. The van der Waals surface area contributed by atoms with Crippen molar-refractivity contribution < 1.29 is 28.1 Å². The van der Waals surface area contributed by atoms with Crippen molar-refractivity contribution in [2.45, 2.75) is 32.8 Å². The van der Waals surface area contributed by atoms with Gasteiger partial charge in [0.25, 0.3) is 11.4 Å². The Labute approximate surface area is 206 Å². The van der Waals surface area contributed by atoms with Crippen molar-refractivity contribution >= 4 is 40.0 Å². The highest BCUT2D eigenvalue weighted by atomic mass is 32.1. The number of aliphatic hydroxyl groups excluding tert-OH is 1. The summed E-state index contributed by atoms with van der Waals surface area (Å²) in [6.07, 6.45) is 3.51. The summed E-state index contributed by atoms with van der Waals surface area (Å²) in [6, 6.07) is 15.0. The number of rotatable bonds is 7. The smallest absolute Gasteiger partial charge is 0.387 e. The molecule has 7 nitrogen and oxygen atoms in total. The van der Waals surface area contributed by atoms with Gasteiger partial charge in [0, 0.05) is 35.5 Å². The number of alkyl halides is 2. The molecule has 2 aromatic carbocycles. The van der Waals surface area contributed by atoms with Gasteiger partial charge in [-0.1, -0.05) is 33.0 Å². The number of nitrogens with zero attached hydrogens (tertiary/aromatic N) is 2. The van der Waals surface area contributed by atoms with Gasteiger partial charge in [0.1, 0.15) is 5.75 Å². The molecule has 1 heterocycles. The number of hydrogen-bond acceptors (Lipinski definition) is 5. The van der Waals surface area contributed by atoms with Crippen LogP contribution >= 0.6 is 12.2 Å². The highest BCUT2D eigenvalue weighted by molar-refractivity contribution is 7.81. The Morgan fingerprint density at radius 3 is 2.11 bits per heavy atom. The SMILES string of the molecule is CC(C)(C)c1cc[n+](/C(C(=S)Nc2ccc(OC(F)F)cc2)=C(\O)c2ccc([N+](=O)[O-])cc2)cc1. The van der Waals surface area contributed by atoms with Crippen LogP contribution in [0.15, 0.2) is 73.1 Å². The molecule has 3 rings (SSSR count). The van der Waals surface area contributed by atoms with Crippen molar-refractivity contribution in [1.82, 2.24) is 0 Å². The van der Waals surface area contributed by atoms with Crippen molar-refractivity contribution in [3.05, 3.63) is 94.3 Å². The number of aliphatic hydroxyl groups is 1. The van der Waals surface area contributed by atoms with E-state index in [1.165, 1.54) is 48.5 Å².